The number of aromatic nitrogens is 1. The molecule has 0 amide bonds. The van der Waals surface area contributed by atoms with Gasteiger partial charge >= 0.3 is 0 Å². The van der Waals surface area contributed by atoms with E-state index in [2.05, 4.69) is 39.7 Å². The van der Waals surface area contributed by atoms with Gasteiger partial charge in [0.15, 0.2) is 0 Å². The molecule has 1 aliphatic heterocycles. The van der Waals surface area contributed by atoms with E-state index in [9.17, 15) is 5.11 Å². The Bertz CT molecular complexity index is 361. The molecule has 2 heterocycles. The molecule has 1 aromatic rings. The van der Waals surface area contributed by atoms with Crippen LogP contribution in [0.1, 0.15) is 13.8 Å². The lowest BCUT2D eigenvalue weighted by molar-refractivity contribution is -0.0301. The molecule has 2 rings (SSSR count). The highest BCUT2D eigenvalue weighted by Gasteiger charge is 2.44. The van der Waals surface area contributed by atoms with Gasteiger partial charge < -0.3 is 10.0 Å². The Morgan fingerprint density at radius 1 is 1.53 bits per heavy atom. The first-order chi connectivity index (χ1) is 7.03. The summed E-state index contributed by atoms with van der Waals surface area (Å²) < 4.78 is 0.982. The smallest absolute Gasteiger partial charge is 0.102 e. The van der Waals surface area contributed by atoms with Crippen molar-refractivity contribution in [2.24, 2.45) is 5.92 Å². The molecule has 1 fully saturated rings. The van der Waals surface area contributed by atoms with E-state index in [1.807, 2.05) is 6.07 Å². The summed E-state index contributed by atoms with van der Waals surface area (Å²) in [6.07, 6.45) is 3.55. The quantitative estimate of drug-likeness (QED) is 0.894. The van der Waals surface area contributed by atoms with Gasteiger partial charge in [-0.05, 0) is 27.9 Å². The van der Waals surface area contributed by atoms with Crippen LogP contribution in [0.15, 0.2) is 22.9 Å². The first-order valence-corrected chi connectivity index (χ1v) is 5.89. The molecule has 3 nitrogen and oxygen atoms in total. The van der Waals surface area contributed by atoms with E-state index in [0.29, 0.717) is 19.0 Å². The van der Waals surface area contributed by atoms with Crippen molar-refractivity contribution in [1.82, 2.24) is 4.98 Å². The average Bonchev–Trinajstić information content (AvgIpc) is 2.14. The summed E-state index contributed by atoms with van der Waals surface area (Å²) >= 11 is 3.46. The van der Waals surface area contributed by atoms with Gasteiger partial charge in [0.2, 0.25) is 0 Å². The largest absolute Gasteiger partial charge is 0.386 e. The standard InChI is InChI=1S/C11H15BrN2O/c1-8(2)11(15)6-14(7-11)10-3-4-13-5-9(10)12/h3-5,8,15H,6-7H2,1-2H3. The van der Waals surface area contributed by atoms with Gasteiger partial charge in [0.1, 0.15) is 5.60 Å². The molecular weight excluding hydrogens is 256 g/mol. The highest BCUT2D eigenvalue weighted by molar-refractivity contribution is 9.10. The van der Waals surface area contributed by atoms with Crippen molar-refractivity contribution >= 4 is 21.6 Å². The van der Waals surface area contributed by atoms with Crippen LogP contribution in [-0.4, -0.2) is 28.8 Å². The van der Waals surface area contributed by atoms with Gasteiger partial charge in [0, 0.05) is 25.5 Å². The minimum Gasteiger partial charge on any atom is -0.386 e. The van der Waals surface area contributed by atoms with Gasteiger partial charge in [-0.3, -0.25) is 4.98 Å². The predicted molar refractivity (Wildman–Crippen MR) is 63.9 cm³/mol. The number of anilines is 1. The Hall–Kier alpha value is -0.610. The van der Waals surface area contributed by atoms with E-state index in [1.54, 1.807) is 12.4 Å². The van der Waals surface area contributed by atoms with Gasteiger partial charge in [-0.15, -0.1) is 0 Å². The molecule has 1 saturated heterocycles. The Morgan fingerprint density at radius 2 is 2.20 bits per heavy atom. The van der Waals surface area contributed by atoms with Crippen molar-refractivity contribution in [3.8, 4) is 0 Å². The molecule has 0 saturated carbocycles. The van der Waals surface area contributed by atoms with Crippen LogP contribution in [0, 0.1) is 5.92 Å². The SMILES string of the molecule is CC(C)C1(O)CN(c2ccncc2Br)C1. The molecule has 15 heavy (non-hydrogen) atoms. The maximum absolute atomic E-state index is 10.1. The molecule has 82 valence electrons. The molecular formula is C11H15BrN2O. The fourth-order valence-electron chi connectivity index (χ4n) is 1.77. The lowest BCUT2D eigenvalue weighted by Gasteiger charge is -2.50. The highest BCUT2D eigenvalue weighted by Crippen LogP contribution is 2.35. The van der Waals surface area contributed by atoms with Crippen molar-refractivity contribution in [2.75, 3.05) is 18.0 Å². The van der Waals surface area contributed by atoms with Gasteiger partial charge in [0.25, 0.3) is 0 Å². The summed E-state index contributed by atoms with van der Waals surface area (Å²) in [6.45, 7) is 5.51. The fourth-order valence-corrected chi connectivity index (χ4v) is 2.28. The summed E-state index contributed by atoms with van der Waals surface area (Å²) in [6, 6.07) is 1.96. The molecule has 1 aliphatic rings. The highest BCUT2D eigenvalue weighted by atomic mass is 79.9. The van der Waals surface area contributed by atoms with Crippen LogP contribution >= 0.6 is 15.9 Å². The number of aliphatic hydroxyl groups is 1. The minimum atomic E-state index is -0.525. The van der Waals surface area contributed by atoms with Crippen LogP contribution in [0.4, 0.5) is 5.69 Å². The second-order valence-electron chi connectivity index (χ2n) is 4.44. The third-order valence-electron chi connectivity index (χ3n) is 3.10. The van der Waals surface area contributed by atoms with E-state index < -0.39 is 5.60 Å². The van der Waals surface area contributed by atoms with Gasteiger partial charge in [-0.25, -0.2) is 0 Å². The van der Waals surface area contributed by atoms with Crippen LogP contribution in [0.5, 0.6) is 0 Å². The first-order valence-electron chi connectivity index (χ1n) is 5.10. The normalized spacial score (nSPS) is 19.1. The maximum Gasteiger partial charge on any atom is 0.102 e. The molecule has 0 spiro atoms. The molecule has 1 N–H and O–H groups in total. The summed E-state index contributed by atoms with van der Waals surface area (Å²) in [5, 5.41) is 10.1. The summed E-state index contributed by atoms with van der Waals surface area (Å²) in [5.41, 5.74) is 0.582. The second-order valence-corrected chi connectivity index (χ2v) is 5.30. The van der Waals surface area contributed by atoms with Crippen molar-refractivity contribution in [3.05, 3.63) is 22.9 Å². The van der Waals surface area contributed by atoms with Gasteiger partial charge in [0.05, 0.1) is 10.2 Å². The monoisotopic (exact) mass is 270 g/mol. The topological polar surface area (TPSA) is 36.4 Å². The molecule has 0 aromatic carbocycles. The zero-order valence-corrected chi connectivity index (χ0v) is 10.5. The molecule has 0 atom stereocenters. The van der Waals surface area contributed by atoms with E-state index in [0.717, 1.165) is 10.2 Å². The predicted octanol–water partition coefficient (Wildman–Crippen LogP) is 2.05. The molecule has 0 radical (unpaired) electrons. The lowest BCUT2D eigenvalue weighted by Crippen LogP contribution is -2.64. The van der Waals surface area contributed by atoms with Crippen molar-refractivity contribution in [2.45, 2.75) is 19.4 Å². The molecule has 4 heteroatoms. The van der Waals surface area contributed by atoms with E-state index >= 15 is 0 Å². The first kappa shape index (κ1) is 10.9. The Kier molecular flexibility index (Phi) is 2.73. The second kappa shape index (κ2) is 3.76. The number of β-amino-alcohol motifs (C(OH)–C–C–N with tert-alkyl or cyclic N) is 1. The summed E-state index contributed by atoms with van der Waals surface area (Å²) in [7, 11) is 0. The molecule has 0 aliphatic carbocycles. The maximum atomic E-state index is 10.1. The zero-order chi connectivity index (χ0) is 11.1. The van der Waals surface area contributed by atoms with Crippen molar-refractivity contribution in [3.63, 3.8) is 0 Å². The summed E-state index contributed by atoms with van der Waals surface area (Å²) in [5.74, 6) is 0.300. The number of hydrogen-bond acceptors (Lipinski definition) is 3. The van der Waals surface area contributed by atoms with E-state index in [1.165, 1.54) is 0 Å². The van der Waals surface area contributed by atoms with Gasteiger partial charge in [-0.2, -0.15) is 0 Å². The molecule has 1 aromatic heterocycles. The molecule has 0 bridgehead atoms. The lowest BCUT2D eigenvalue weighted by atomic mass is 9.83. The Balaban J connectivity index is 2.10. The van der Waals surface area contributed by atoms with Crippen LogP contribution in [0.2, 0.25) is 0 Å². The third kappa shape index (κ3) is 1.88. The number of pyridine rings is 1. The fraction of sp³-hybridized carbons (Fsp3) is 0.545. The van der Waals surface area contributed by atoms with Crippen LogP contribution in [-0.2, 0) is 0 Å². The number of rotatable bonds is 2. The number of nitrogens with zero attached hydrogens (tertiary/aromatic N) is 2. The van der Waals surface area contributed by atoms with Crippen LogP contribution in [0.3, 0.4) is 0 Å². The average molecular weight is 271 g/mol. The number of halogens is 1. The Morgan fingerprint density at radius 3 is 2.73 bits per heavy atom. The molecule has 0 unspecified atom stereocenters. The Labute approximate surface area is 98.3 Å². The van der Waals surface area contributed by atoms with Crippen molar-refractivity contribution < 1.29 is 5.11 Å². The third-order valence-corrected chi connectivity index (χ3v) is 3.71. The van der Waals surface area contributed by atoms with E-state index in [-0.39, 0.29) is 0 Å². The van der Waals surface area contributed by atoms with E-state index in [4.69, 9.17) is 0 Å². The van der Waals surface area contributed by atoms with Gasteiger partial charge in [-0.1, -0.05) is 13.8 Å². The van der Waals surface area contributed by atoms with Crippen LogP contribution < -0.4 is 4.90 Å². The number of hydrogen-bond donors (Lipinski definition) is 1. The summed E-state index contributed by atoms with van der Waals surface area (Å²) in [4.78, 5) is 6.18. The van der Waals surface area contributed by atoms with Crippen molar-refractivity contribution in [1.29, 1.82) is 0 Å². The van der Waals surface area contributed by atoms with Crippen LogP contribution in [0.25, 0.3) is 0 Å². The minimum absolute atomic E-state index is 0.300. The zero-order valence-electron chi connectivity index (χ0n) is 8.94.